The van der Waals surface area contributed by atoms with E-state index in [0.29, 0.717) is 22.8 Å². The van der Waals surface area contributed by atoms with Gasteiger partial charge in [-0.1, -0.05) is 12.1 Å². The minimum atomic E-state index is -3.52. The number of nitrogens with one attached hydrogen (secondary N) is 1. The summed E-state index contributed by atoms with van der Waals surface area (Å²) in [5, 5.41) is 0. The van der Waals surface area contributed by atoms with Crippen LogP contribution in [0.4, 0.5) is 5.69 Å². The van der Waals surface area contributed by atoms with E-state index in [1.807, 2.05) is 18.2 Å². The zero-order valence-electron chi connectivity index (χ0n) is 17.9. The number of sulfonamides is 1. The molecule has 0 aliphatic carbocycles. The maximum atomic E-state index is 12.6. The topological polar surface area (TPSA) is 71.1 Å². The number of anilines is 1. The Morgan fingerprint density at radius 2 is 1.73 bits per heavy atom. The van der Waals surface area contributed by atoms with E-state index < -0.39 is 10.0 Å². The Kier molecular flexibility index (Phi) is 7.58. The number of ether oxygens (including phenoxy) is 2. The fraction of sp³-hybridized carbons (Fsp3) is 0.455. The second kappa shape index (κ2) is 10.1. The smallest absolute Gasteiger partial charge is 0.240 e. The van der Waals surface area contributed by atoms with Gasteiger partial charge in [0.05, 0.1) is 24.8 Å². The third kappa shape index (κ3) is 5.44. The Labute approximate surface area is 179 Å². The highest BCUT2D eigenvalue weighted by Gasteiger charge is 2.20. The molecule has 7 nitrogen and oxygen atoms in total. The molecule has 1 aliphatic heterocycles. The van der Waals surface area contributed by atoms with E-state index in [9.17, 15) is 8.42 Å². The first kappa shape index (κ1) is 22.4. The maximum absolute atomic E-state index is 12.6. The van der Waals surface area contributed by atoms with Gasteiger partial charge in [-0.25, -0.2) is 13.1 Å². The lowest BCUT2D eigenvalue weighted by atomic mass is 10.2. The number of para-hydroxylation sites is 2. The van der Waals surface area contributed by atoms with Gasteiger partial charge in [-0.3, -0.25) is 4.90 Å². The summed E-state index contributed by atoms with van der Waals surface area (Å²) in [6.45, 7) is 6.81. The van der Waals surface area contributed by atoms with E-state index in [2.05, 4.69) is 20.6 Å². The van der Waals surface area contributed by atoms with Crippen LogP contribution in [-0.4, -0.2) is 66.8 Å². The molecule has 0 unspecified atom stereocenters. The molecule has 0 amide bonds. The van der Waals surface area contributed by atoms with Gasteiger partial charge >= 0.3 is 0 Å². The van der Waals surface area contributed by atoms with Crippen molar-refractivity contribution in [2.75, 3.05) is 58.4 Å². The van der Waals surface area contributed by atoms with Crippen molar-refractivity contribution in [3.8, 4) is 11.5 Å². The van der Waals surface area contributed by atoms with Gasteiger partial charge in [0.2, 0.25) is 10.0 Å². The number of hydrogen-bond acceptors (Lipinski definition) is 6. The van der Waals surface area contributed by atoms with Crippen LogP contribution in [0.3, 0.4) is 0 Å². The van der Waals surface area contributed by atoms with Crippen molar-refractivity contribution < 1.29 is 17.9 Å². The summed E-state index contributed by atoms with van der Waals surface area (Å²) >= 11 is 0. The number of rotatable bonds is 9. The molecule has 1 fully saturated rings. The van der Waals surface area contributed by atoms with Gasteiger partial charge in [0.1, 0.15) is 11.5 Å². The molecular weight excluding hydrogens is 402 g/mol. The average molecular weight is 434 g/mol. The van der Waals surface area contributed by atoms with Crippen LogP contribution in [0.15, 0.2) is 47.4 Å². The summed E-state index contributed by atoms with van der Waals surface area (Å²) in [6, 6.07) is 13.1. The molecule has 0 radical (unpaired) electrons. The lowest BCUT2D eigenvalue weighted by Gasteiger charge is -2.36. The van der Waals surface area contributed by atoms with Crippen LogP contribution < -0.4 is 19.1 Å². The fourth-order valence-electron chi connectivity index (χ4n) is 3.74. The monoisotopic (exact) mass is 433 g/mol. The van der Waals surface area contributed by atoms with E-state index in [4.69, 9.17) is 9.47 Å². The predicted molar refractivity (Wildman–Crippen MR) is 119 cm³/mol. The lowest BCUT2D eigenvalue weighted by molar-refractivity contribution is 0.254. The zero-order valence-corrected chi connectivity index (χ0v) is 18.7. The molecule has 0 bridgehead atoms. The highest BCUT2D eigenvalue weighted by atomic mass is 32.2. The van der Waals surface area contributed by atoms with Crippen molar-refractivity contribution >= 4 is 15.7 Å². The van der Waals surface area contributed by atoms with Gasteiger partial charge in [-0.15, -0.1) is 0 Å². The molecule has 1 heterocycles. The first-order valence-corrected chi connectivity index (χ1v) is 11.7. The molecular formula is C22H31N3O4S. The molecule has 30 heavy (non-hydrogen) atoms. The van der Waals surface area contributed by atoms with Crippen molar-refractivity contribution in [1.82, 2.24) is 9.62 Å². The summed E-state index contributed by atoms with van der Waals surface area (Å²) in [5.41, 5.74) is 1.80. The van der Waals surface area contributed by atoms with Crippen LogP contribution in [0.1, 0.15) is 12.0 Å². The third-order valence-corrected chi connectivity index (χ3v) is 7.03. The molecule has 8 heteroatoms. The number of piperazine rings is 1. The van der Waals surface area contributed by atoms with Crippen LogP contribution >= 0.6 is 0 Å². The molecule has 164 valence electrons. The average Bonchev–Trinajstić information content (AvgIpc) is 2.76. The highest BCUT2D eigenvalue weighted by molar-refractivity contribution is 7.89. The zero-order chi connectivity index (χ0) is 21.6. The van der Waals surface area contributed by atoms with Crippen LogP contribution in [0.2, 0.25) is 0 Å². The van der Waals surface area contributed by atoms with Crippen LogP contribution in [-0.2, 0) is 10.0 Å². The molecule has 3 rings (SSSR count). The lowest BCUT2D eigenvalue weighted by Crippen LogP contribution is -2.47. The van der Waals surface area contributed by atoms with E-state index in [0.717, 1.165) is 50.6 Å². The normalized spacial score (nSPS) is 15.2. The summed E-state index contributed by atoms with van der Waals surface area (Å²) in [6.07, 6.45) is 0.767. The second-order valence-corrected chi connectivity index (χ2v) is 9.12. The maximum Gasteiger partial charge on any atom is 0.240 e. The van der Waals surface area contributed by atoms with Gasteiger partial charge in [0, 0.05) is 32.7 Å². The minimum Gasteiger partial charge on any atom is -0.497 e. The number of methoxy groups -OCH3 is 2. The predicted octanol–water partition coefficient (Wildman–Crippen LogP) is 2.50. The molecule has 1 saturated heterocycles. The SMILES string of the molecule is COc1ccc(S(=O)(=O)NCCCN2CCN(c3ccccc3OC)CC2)c(C)c1. The summed E-state index contributed by atoms with van der Waals surface area (Å²) < 4.78 is 38.5. The van der Waals surface area contributed by atoms with E-state index in [1.54, 1.807) is 39.3 Å². The molecule has 1 N–H and O–H groups in total. The Hall–Kier alpha value is -2.29. The Bertz CT molecular complexity index is 941. The molecule has 0 atom stereocenters. The van der Waals surface area contributed by atoms with Gasteiger partial charge in [0.15, 0.2) is 0 Å². The summed E-state index contributed by atoms with van der Waals surface area (Å²) in [4.78, 5) is 5.01. The number of benzene rings is 2. The second-order valence-electron chi connectivity index (χ2n) is 7.38. The van der Waals surface area contributed by atoms with E-state index in [1.165, 1.54) is 0 Å². The minimum absolute atomic E-state index is 0.300. The Morgan fingerprint density at radius 3 is 2.40 bits per heavy atom. The van der Waals surface area contributed by atoms with Gasteiger partial charge in [0.25, 0.3) is 0 Å². The van der Waals surface area contributed by atoms with Crippen LogP contribution in [0.5, 0.6) is 11.5 Å². The fourth-order valence-corrected chi connectivity index (χ4v) is 5.04. The van der Waals surface area contributed by atoms with Gasteiger partial charge in [-0.2, -0.15) is 0 Å². The molecule has 0 spiro atoms. The highest BCUT2D eigenvalue weighted by Crippen LogP contribution is 2.28. The summed E-state index contributed by atoms with van der Waals surface area (Å²) in [7, 11) is -0.253. The first-order chi connectivity index (χ1) is 14.4. The quantitative estimate of drug-likeness (QED) is 0.613. The van der Waals surface area contributed by atoms with Gasteiger partial charge in [-0.05, 0) is 55.8 Å². The van der Waals surface area contributed by atoms with E-state index >= 15 is 0 Å². The van der Waals surface area contributed by atoms with Crippen molar-refractivity contribution in [2.45, 2.75) is 18.2 Å². The van der Waals surface area contributed by atoms with Crippen molar-refractivity contribution in [1.29, 1.82) is 0 Å². The standard InChI is InChI=1S/C22H31N3O4S/c1-18-17-19(28-2)9-10-22(18)30(26,27)23-11-6-12-24-13-15-25(16-14-24)20-7-4-5-8-21(20)29-3/h4-5,7-10,17,23H,6,11-16H2,1-3H3. The van der Waals surface area contributed by atoms with Gasteiger partial charge < -0.3 is 14.4 Å². The van der Waals surface area contributed by atoms with Crippen molar-refractivity contribution in [2.24, 2.45) is 0 Å². The van der Waals surface area contributed by atoms with Crippen molar-refractivity contribution in [3.05, 3.63) is 48.0 Å². The molecule has 0 aromatic heterocycles. The van der Waals surface area contributed by atoms with Crippen molar-refractivity contribution in [3.63, 3.8) is 0 Å². The Morgan fingerprint density at radius 1 is 1.00 bits per heavy atom. The van der Waals surface area contributed by atoms with Crippen LogP contribution in [0, 0.1) is 6.92 Å². The molecule has 2 aromatic rings. The largest absolute Gasteiger partial charge is 0.497 e. The first-order valence-electron chi connectivity index (χ1n) is 10.2. The van der Waals surface area contributed by atoms with Crippen LogP contribution in [0.25, 0.3) is 0 Å². The number of hydrogen-bond donors (Lipinski definition) is 1. The molecule has 2 aromatic carbocycles. The number of nitrogens with zero attached hydrogens (tertiary/aromatic N) is 2. The third-order valence-electron chi connectivity index (χ3n) is 5.41. The summed E-state index contributed by atoms with van der Waals surface area (Å²) in [5.74, 6) is 1.55. The number of aryl methyl sites for hydroxylation is 1. The van der Waals surface area contributed by atoms with E-state index in [-0.39, 0.29) is 0 Å². The Balaban J connectivity index is 1.44. The molecule has 1 aliphatic rings. The molecule has 0 saturated carbocycles.